The van der Waals surface area contributed by atoms with E-state index < -0.39 is 0 Å². The van der Waals surface area contributed by atoms with Crippen LogP contribution in [0.5, 0.6) is 0 Å². The maximum Gasteiger partial charge on any atom is 0.0664 e. The van der Waals surface area contributed by atoms with Gasteiger partial charge in [0.15, 0.2) is 0 Å². The molecule has 0 aromatic rings. The summed E-state index contributed by atoms with van der Waals surface area (Å²) in [5, 5.41) is 9.56. The summed E-state index contributed by atoms with van der Waals surface area (Å²) in [6.45, 7) is 11.9. The van der Waals surface area contributed by atoms with Gasteiger partial charge in [-0.3, -0.25) is 9.80 Å². The molecule has 1 N–H and O–H groups in total. The zero-order valence-electron chi connectivity index (χ0n) is 9.74. The van der Waals surface area contributed by atoms with E-state index in [0.29, 0.717) is 6.04 Å². The lowest BCUT2D eigenvalue weighted by Crippen LogP contribution is -2.53. The Morgan fingerprint density at radius 2 is 2.07 bits per heavy atom. The molecule has 1 aliphatic rings. The normalized spacial score (nSPS) is 27.9. The van der Waals surface area contributed by atoms with Gasteiger partial charge >= 0.3 is 0 Å². The summed E-state index contributed by atoms with van der Waals surface area (Å²) < 4.78 is 0. The van der Waals surface area contributed by atoms with Crippen molar-refractivity contribution in [3.63, 3.8) is 0 Å². The fraction of sp³-hybridized carbons (Fsp3) is 1.00. The van der Waals surface area contributed by atoms with Gasteiger partial charge in [0.2, 0.25) is 0 Å². The highest BCUT2D eigenvalue weighted by Gasteiger charge is 2.22. The Morgan fingerprint density at radius 1 is 1.36 bits per heavy atom. The Bertz CT molecular complexity index is 163. The number of rotatable bonds is 4. The first-order valence-electron chi connectivity index (χ1n) is 5.81. The molecule has 1 fully saturated rings. The molecule has 2 atom stereocenters. The predicted molar refractivity (Wildman–Crippen MR) is 59.4 cm³/mol. The van der Waals surface area contributed by atoms with Crippen LogP contribution in [0.15, 0.2) is 0 Å². The zero-order valence-corrected chi connectivity index (χ0v) is 9.74. The monoisotopic (exact) mass is 200 g/mol. The molecular weight excluding hydrogens is 176 g/mol. The maximum absolute atomic E-state index is 9.56. The summed E-state index contributed by atoms with van der Waals surface area (Å²) in [6.07, 6.45) is 0.720. The van der Waals surface area contributed by atoms with E-state index in [1.54, 1.807) is 0 Å². The van der Waals surface area contributed by atoms with Crippen molar-refractivity contribution in [3.05, 3.63) is 0 Å². The Balaban J connectivity index is 2.31. The minimum absolute atomic E-state index is 0.143. The van der Waals surface area contributed by atoms with E-state index in [-0.39, 0.29) is 6.10 Å². The molecule has 3 heteroatoms. The van der Waals surface area contributed by atoms with Crippen LogP contribution >= 0.6 is 0 Å². The topological polar surface area (TPSA) is 26.7 Å². The fourth-order valence-electron chi connectivity index (χ4n) is 2.13. The summed E-state index contributed by atoms with van der Waals surface area (Å²) in [5.41, 5.74) is 0. The van der Waals surface area contributed by atoms with Gasteiger partial charge in [-0.25, -0.2) is 0 Å². The lowest BCUT2D eigenvalue weighted by Gasteiger charge is -2.39. The van der Waals surface area contributed by atoms with E-state index in [0.717, 1.165) is 39.1 Å². The third kappa shape index (κ3) is 3.23. The molecule has 0 saturated carbocycles. The van der Waals surface area contributed by atoms with E-state index in [4.69, 9.17) is 0 Å². The van der Waals surface area contributed by atoms with Crippen LogP contribution in [0.25, 0.3) is 0 Å². The van der Waals surface area contributed by atoms with Gasteiger partial charge in [0.25, 0.3) is 0 Å². The zero-order chi connectivity index (χ0) is 10.6. The molecular formula is C11H24N2O. The highest BCUT2D eigenvalue weighted by molar-refractivity contribution is 4.79. The number of β-amino-alcohol motifs (C(OH)–C–C–N with tert-alkyl or cyclic N) is 1. The van der Waals surface area contributed by atoms with Crippen molar-refractivity contribution >= 4 is 0 Å². The predicted octanol–water partition coefficient (Wildman–Crippen LogP) is 0.783. The first-order chi connectivity index (χ1) is 6.67. The largest absolute Gasteiger partial charge is 0.392 e. The van der Waals surface area contributed by atoms with Crippen LogP contribution in [0.4, 0.5) is 0 Å². The number of aliphatic hydroxyl groups is 1. The van der Waals surface area contributed by atoms with Crippen LogP contribution in [0, 0.1) is 0 Å². The summed E-state index contributed by atoms with van der Waals surface area (Å²) in [6, 6.07) is 0.637. The maximum atomic E-state index is 9.56. The molecule has 14 heavy (non-hydrogen) atoms. The highest BCUT2D eigenvalue weighted by Crippen LogP contribution is 2.09. The van der Waals surface area contributed by atoms with Gasteiger partial charge in [-0.2, -0.15) is 0 Å². The summed E-state index contributed by atoms with van der Waals surface area (Å²) in [4.78, 5) is 4.87. The quantitative estimate of drug-likeness (QED) is 0.726. The number of piperazine rings is 1. The first-order valence-corrected chi connectivity index (χ1v) is 5.81. The Kier molecular flexibility index (Phi) is 4.85. The van der Waals surface area contributed by atoms with E-state index >= 15 is 0 Å². The molecule has 2 unspecified atom stereocenters. The summed E-state index contributed by atoms with van der Waals surface area (Å²) in [7, 11) is 0. The minimum atomic E-state index is -0.143. The van der Waals surface area contributed by atoms with E-state index in [9.17, 15) is 5.11 Å². The molecule has 0 aromatic carbocycles. The Morgan fingerprint density at radius 3 is 2.57 bits per heavy atom. The number of hydrogen-bond acceptors (Lipinski definition) is 3. The van der Waals surface area contributed by atoms with Crippen LogP contribution in [-0.2, 0) is 0 Å². The Hall–Kier alpha value is -0.120. The van der Waals surface area contributed by atoms with Gasteiger partial charge in [0.1, 0.15) is 0 Å². The van der Waals surface area contributed by atoms with Crippen LogP contribution in [0.3, 0.4) is 0 Å². The molecule has 1 heterocycles. The van der Waals surface area contributed by atoms with E-state index in [1.807, 2.05) is 6.92 Å². The fourth-order valence-corrected chi connectivity index (χ4v) is 2.13. The molecule has 3 nitrogen and oxygen atoms in total. The van der Waals surface area contributed by atoms with E-state index in [1.165, 1.54) is 0 Å². The molecule has 0 spiro atoms. The van der Waals surface area contributed by atoms with Gasteiger partial charge in [0, 0.05) is 32.2 Å². The number of hydrogen-bond donors (Lipinski definition) is 1. The molecule has 0 radical (unpaired) electrons. The van der Waals surface area contributed by atoms with Crippen molar-refractivity contribution in [2.24, 2.45) is 0 Å². The summed E-state index contributed by atoms with van der Waals surface area (Å²) in [5.74, 6) is 0. The first kappa shape index (κ1) is 12.0. The second kappa shape index (κ2) is 5.69. The number of likely N-dealkylation sites (N-methyl/N-ethyl adjacent to an activating group) is 1. The molecule has 1 aliphatic heterocycles. The van der Waals surface area contributed by atoms with Gasteiger partial charge in [0.05, 0.1) is 6.10 Å². The average Bonchev–Trinajstić information content (AvgIpc) is 2.18. The minimum Gasteiger partial charge on any atom is -0.392 e. The van der Waals surface area contributed by atoms with Crippen molar-refractivity contribution in [2.45, 2.75) is 39.3 Å². The molecule has 0 amide bonds. The summed E-state index contributed by atoms with van der Waals surface area (Å²) >= 11 is 0. The molecule has 1 rings (SSSR count). The molecule has 84 valence electrons. The van der Waals surface area contributed by atoms with Gasteiger partial charge in [-0.15, -0.1) is 0 Å². The van der Waals surface area contributed by atoms with Crippen LogP contribution < -0.4 is 0 Å². The molecule has 0 aliphatic carbocycles. The van der Waals surface area contributed by atoms with Crippen molar-refractivity contribution in [2.75, 3.05) is 32.7 Å². The second-order valence-corrected chi connectivity index (χ2v) is 4.30. The lowest BCUT2D eigenvalue weighted by atomic mass is 10.1. The smallest absolute Gasteiger partial charge is 0.0664 e. The number of aliphatic hydroxyl groups excluding tert-OH is 1. The van der Waals surface area contributed by atoms with Crippen molar-refractivity contribution in [3.8, 4) is 0 Å². The molecule has 1 saturated heterocycles. The number of nitrogens with zero attached hydrogens (tertiary/aromatic N) is 2. The van der Waals surface area contributed by atoms with Crippen molar-refractivity contribution < 1.29 is 5.11 Å². The third-order valence-corrected chi connectivity index (χ3v) is 3.20. The van der Waals surface area contributed by atoms with Gasteiger partial charge in [-0.05, 0) is 19.9 Å². The SMILES string of the molecule is CCC(O)CN1CCN(CC)C(C)C1. The van der Waals surface area contributed by atoms with Crippen LogP contribution in [0.1, 0.15) is 27.2 Å². The molecule has 0 bridgehead atoms. The van der Waals surface area contributed by atoms with Crippen LogP contribution in [0.2, 0.25) is 0 Å². The molecule has 0 aromatic heterocycles. The van der Waals surface area contributed by atoms with Crippen molar-refractivity contribution in [1.29, 1.82) is 0 Å². The van der Waals surface area contributed by atoms with Gasteiger partial charge < -0.3 is 5.11 Å². The third-order valence-electron chi connectivity index (χ3n) is 3.20. The average molecular weight is 200 g/mol. The van der Waals surface area contributed by atoms with Crippen LogP contribution in [-0.4, -0.2) is 59.8 Å². The van der Waals surface area contributed by atoms with Gasteiger partial charge in [-0.1, -0.05) is 13.8 Å². The standard InChI is InChI=1S/C11H24N2O/c1-4-11(14)9-12-6-7-13(5-2)10(3)8-12/h10-11,14H,4-9H2,1-3H3. The Labute approximate surface area is 87.7 Å². The van der Waals surface area contributed by atoms with E-state index in [2.05, 4.69) is 23.6 Å². The van der Waals surface area contributed by atoms with Crippen molar-refractivity contribution in [1.82, 2.24) is 9.80 Å². The second-order valence-electron chi connectivity index (χ2n) is 4.30. The lowest BCUT2D eigenvalue weighted by molar-refractivity contribution is 0.0471. The highest BCUT2D eigenvalue weighted by atomic mass is 16.3.